The molecule has 0 aliphatic rings. The van der Waals surface area contributed by atoms with Gasteiger partial charge in [0.1, 0.15) is 0 Å². The summed E-state index contributed by atoms with van der Waals surface area (Å²) < 4.78 is 0. The molecular formula is C15H8N2O7. The van der Waals surface area contributed by atoms with Crippen molar-refractivity contribution in [3.05, 3.63) is 79.9 Å². The van der Waals surface area contributed by atoms with Crippen LogP contribution in [0.3, 0.4) is 0 Å². The number of hydrogen-bond acceptors (Lipinski definition) is 7. The van der Waals surface area contributed by atoms with Crippen LogP contribution in [0.5, 0.6) is 0 Å². The van der Waals surface area contributed by atoms with E-state index < -0.39 is 27.2 Å². The molecular weight excluding hydrogens is 320 g/mol. The third-order valence-corrected chi connectivity index (χ3v) is 3.09. The molecule has 0 saturated carbocycles. The molecule has 24 heavy (non-hydrogen) atoms. The third kappa shape index (κ3) is 3.35. The second kappa shape index (κ2) is 6.57. The van der Waals surface area contributed by atoms with Gasteiger partial charge in [-0.05, 0) is 24.3 Å². The van der Waals surface area contributed by atoms with Crippen molar-refractivity contribution in [2.75, 3.05) is 0 Å². The smallest absolute Gasteiger partial charge is 0.273 e. The molecule has 0 bridgehead atoms. The number of non-ortho nitro benzene ring substituents is 2. The fourth-order valence-corrected chi connectivity index (χ4v) is 1.83. The van der Waals surface area contributed by atoms with E-state index in [2.05, 4.69) is 0 Å². The fourth-order valence-electron chi connectivity index (χ4n) is 1.83. The average molecular weight is 328 g/mol. The number of carbonyl (C=O) groups is 3. The van der Waals surface area contributed by atoms with Gasteiger partial charge in [0.05, 0.1) is 9.85 Å². The van der Waals surface area contributed by atoms with Gasteiger partial charge in [0.25, 0.3) is 17.2 Å². The second-order valence-corrected chi connectivity index (χ2v) is 4.60. The fraction of sp³-hybridized carbons (Fsp3) is 0. The van der Waals surface area contributed by atoms with E-state index in [-0.39, 0.29) is 22.5 Å². The highest BCUT2D eigenvalue weighted by molar-refractivity contribution is 6.69. The average Bonchev–Trinajstić information content (AvgIpc) is 2.60. The van der Waals surface area contributed by atoms with Crippen molar-refractivity contribution < 1.29 is 24.2 Å². The van der Waals surface area contributed by atoms with Gasteiger partial charge in [-0.1, -0.05) is 0 Å². The Hall–Kier alpha value is -3.75. The van der Waals surface area contributed by atoms with Crippen LogP contribution < -0.4 is 0 Å². The zero-order valence-electron chi connectivity index (χ0n) is 11.9. The van der Waals surface area contributed by atoms with Gasteiger partial charge in [0, 0.05) is 35.4 Å². The summed E-state index contributed by atoms with van der Waals surface area (Å²) >= 11 is 0. The lowest BCUT2D eigenvalue weighted by Crippen LogP contribution is -2.24. The lowest BCUT2D eigenvalue weighted by Gasteiger charge is -2.01. The van der Waals surface area contributed by atoms with E-state index in [1.807, 2.05) is 0 Å². The minimum Gasteiger partial charge on any atom is -0.285 e. The summed E-state index contributed by atoms with van der Waals surface area (Å²) in [5.74, 6) is -3.57. The first kappa shape index (κ1) is 16.6. The summed E-state index contributed by atoms with van der Waals surface area (Å²) in [6.45, 7) is 0. The molecule has 0 spiro atoms. The van der Waals surface area contributed by atoms with Crippen LogP contribution in [0, 0.1) is 20.2 Å². The number of ketones is 3. The van der Waals surface area contributed by atoms with Crippen LogP contribution in [-0.4, -0.2) is 27.2 Å². The SMILES string of the molecule is O=C(C(=O)c1ccc([N+](=O)[O-])cc1)C(=O)c1ccc([N+](=O)[O-])cc1. The van der Waals surface area contributed by atoms with Gasteiger partial charge in [0.2, 0.25) is 11.6 Å². The predicted molar refractivity (Wildman–Crippen MR) is 79.9 cm³/mol. The van der Waals surface area contributed by atoms with Crippen molar-refractivity contribution in [1.82, 2.24) is 0 Å². The number of nitrogens with zero attached hydrogens (tertiary/aromatic N) is 2. The van der Waals surface area contributed by atoms with E-state index in [9.17, 15) is 34.6 Å². The van der Waals surface area contributed by atoms with E-state index >= 15 is 0 Å². The Labute approximate surface area is 133 Å². The lowest BCUT2D eigenvalue weighted by atomic mass is 10.00. The maximum atomic E-state index is 12.0. The summed E-state index contributed by atoms with van der Waals surface area (Å²) in [5.41, 5.74) is -0.858. The van der Waals surface area contributed by atoms with Crippen LogP contribution in [0.2, 0.25) is 0 Å². The molecule has 0 aromatic heterocycles. The topological polar surface area (TPSA) is 137 Å². The van der Waals surface area contributed by atoms with Gasteiger partial charge in [-0.15, -0.1) is 0 Å². The molecule has 0 N–H and O–H groups in total. The molecule has 0 atom stereocenters. The Kier molecular flexibility index (Phi) is 4.55. The van der Waals surface area contributed by atoms with Crippen molar-refractivity contribution in [1.29, 1.82) is 0 Å². The van der Waals surface area contributed by atoms with Crippen molar-refractivity contribution >= 4 is 28.7 Å². The molecule has 0 radical (unpaired) electrons. The first-order valence-electron chi connectivity index (χ1n) is 6.43. The Morgan fingerprint density at radius 1 is 0.625 bits per heavy atom. The lowest BCUT2D eigenvalue weighted by molar-refractivity contribution is -0.385. The Balaban J connectivity index is 2.20. The minimum absolute atomic E-state index is 0.166. The number of carbonyl (C=O) groups excluding carboxylic acids is 3. The third-order valence-electron chi connectivity index (χ3n) is 3.09. The van der Waals surface area contributed by atoms with Crippen LogP contribution in [0.15, 0.2) is 48.5 Å². The first-order valence-corrected chi connectivity index (χ1v) is 6.43. The molecule has 2 rings (SSSR count). The molecule has 9 nitrogen and oxygen atoms in total. The van der Waals surface area contributed by atoms with E-state index in [1.54, 1.807) is 0 Å². The van der Waals surface area contributed by atoms with Crippen molar-refractivity contribution in [2.45, 2.75) is 0 Å². The van der Waals surface area contributed by atoms with Gasteiger partial charge < -0.3 is 0 Å². The summed E-state index contributed by atoms with van der Waals surface area (Å²) in [6, 6.07) is 8.44. The van der Waals surface area contributed by atoms with Crippen molar-refractivity contribution in [3.63, 3.8) is 0 Å². The first-order chi connectivity index (χ1) is 11.3. The van der Waals surface area contributed by atoms with Gasteiger partial charge in [-0.3, -0.25) is 34.6 Å². The molecule has 0 aliphatic heterocycles. The van der Waals surface area contributed by atoms with E-state index in [0.717, 1.165) is 48.5 Å². The van der Waals surface area contributed by atoms with Gasteiger partial charge in [0.15, 0.2) is 0 Å². The maximum absolute atomic E-state index is 12.0. The summed E-state index contributed by atoms with van der Waals surface area (Å²) in [6.07, 6.45) is 0. The number of rotatable bonds is 6. The molecule has 2 aromatic rings. The molecule has 0 aliphatic carbocycles. The van der Waals surface area contributed by atoms with E-state index in [0.29, 0.717) is 0 Å². The minimum atomic E-state index is -1.34. The maximum Gasteiger partial charge on any atom is 0.273 e. The Bertz CT molecular complexity index is 783. The number of hydrogen-bond donors (Lipinski definition) is 0. The highest BCUT2D eigenvalue weighted by Gasteiger charge is 2.26. The molecule has 0 amide bonds. The number of benzene rings is 2. The van der Waals surface area contributed by atoms with Gasteiger partial charge in [-0.25, -0.2) is 0 Å². The summed E-state index contributed by atoms with van der Waals surface area (Å²) in [7, 11) is 0. The quantitative estimate of drug-likeness (QED) is 0.260. The van der Waals surface area contributed by atoms with Gasteiger partial charge in [-0.2, -0.15) is 0 Å². The van der Waals surface area contributed by atoms with Crippen molar-refractivity contribution in [2.24, 2.45) is 0 Å². The van der Waals surface area contributed by atoms with E-state index in [4.69, 9.17) is 0 Å². The van der Waals surface area contributed by atoms with Crippen LogP contribution in [0.1, 0.15) is 20.7 Å². The summed E-state index contributed by atoms with van der Waals surface area (Å²) in [5, 5.41) is 21.1. The highest BCUT2D eigenvalue weighted by atomic mass is 16.6. The standard InChI is InChI=1S/C15H8N2O7/c18-13(9-1-5-11(6-2-9)16(21)22)15(20)14(19)10-3-7-12(8-4-10)17(23)24/h1-8H. The Morgan fingerprint density at radius 2 is 0.917 bits per heavy atom. The molecule has 0 unspecified atom stereocenters. The zero-order valence-corrected chi connectivity index (χ0v) is 11.9. The number of nitro benzene ring substituents is 2. The zero-order chi connectivity index (χ0) is 17.9. The number of Topliss-reactive ketones (excluding diaryl/α,β-unsaturated/α-hetero) is 3. The molecule has 9 heteroatoms. The molecule has 120 valence electrons. The van der Waals surface area contributed by atoms with Crippen LogP contribution >= 0.6 is 0 Å². The highest BCUT2D eigenvalue weighted by Crippen LogP contribution is 2.15. The molecule has 0 heterocycles. The Morgan fingerprint density at radius 3 is 1.17 bits per heavy atom. The predicted octanol–water partition coefficient (Wildman–Crippen LogP) is 2.14. The van der Waals surface area contributed by atoms with Crippen LogP contribution in [0.25, 0.3) is 0 Å². The second-order valence-electron chi connectivity index (χ2n) is 4.60. The van der Waals surface area contributed by atoms with Crippen LogP contribution in [0.4, 0.5) is 11.4 Å². The molecule has 0 fully saturated rings. The van der Waals surface area contributed by atoms with Crippen LogP contribution in [-0.2, 0) is 4.79 Å². The molecule has 0 saturated heterocycles. The summed E-state index contributed by atoms with van der Waals surface area (Å²) in [4.78, 5) is 55.6. The van der Waals surface area contributed by atoms with Crippen molar-refractivity contribution in [3.8, 4) is 0 Å². The normalized spacial score (nSPS) is 10.0. The monoisotopic (exact) mass is 328 g/mol. The largest absolute Gasteiger partial charge is 0.285 e. The van der Waals surface area contributed by atoms with Gasteiger partial charge >= 0.3 is 0 Å². The molecule has 2 aromatic carbocycles. The van der Waals surface area contributed by atoms with E-state index in [1.165, 1.54) is 0 Å². The number of nitro groups is 2.